The Bertz CT molecular complexity index is 1290. The quantitative estimate of drug-likeness (QED) is 0.342. The molecule has 2 N–H and O–H groups in total. The summed E-state index contributed by atoms with van der Waals surface area (Å²) in [5, 5.41) is 0. The summed E-state index contributed by atoms with van der Waals surface area (Å²) in [6.07, 6.45) is 2.46. The Morgan fingerprint density at radius 1 is 1.06 bits per heavy atom. The molecule has 0 fully saturated rings. The summed E-state index contributed by atoms with van der Waals surface area (Å²) in [7, 11) is 1.24. The third-order valence-corrected chi connectivity index (χ3v) is 4.67. The molecule has 32 heavy (non-hydrogen) atoms. The molecule has 8 nitrogen and oxygen atoms in total. The summed E-state index contributed by atoms with van der Waals surface area (Å²) < 4.78 is 19.7. The van der Waals surface area contributed by atoms with E-state index < -0.39 is 41.0 Å². The number of ketones is 1. The molecule has 0 unspecified atom stereocenters. The zero-order valence-corrected chi connectivity index (χ0v) is 17.2. The standard InChI is InChI=1S/C23H20FN3O5/c1-26-22(30)20(21(25)27(23(26)31)13-16-5-3-2-4-6-16)18(28)14-32-19(29)12-9-15-7-10-17(24)11-8-15/h2-12H,13-14,25H2,1H3. The molecule has 0 amide bonds. The predicted molar refractivity (Wildman–Crippen MR) is 117 cm³/mol. The third-order valence-electron chi connectivity index (χ3n) is 4.67. The van der Waals surface area contributed by atoms with E-state index in [1.807, 2.05) is 6.07 Å². The van der Waals surface area contributed by atoms with E-state index >= 15 is 0 Å². The van der Waals surface area contributed by atoms with Crippen molar-refractivity contribution < 1.29 is 18.7 Å². The van der Waals surface area contributed by atoms with Crippen molar-refractivity contribution >= 4 is 23.6 Å². The normalized spacial score (nSPS) is 10.9. The van der Waals surface area contributed by atoms with Gasteiger partial charge < -0.3 is 10.5 Å². The van der Waals surface area contributed by atoms with Gasteiger partial charge in [0, 0.05) is 13.1 Å². The highest BCUT2D eigenvalue weighted by Gasteiger charge is 2.22. The molecule has 0 radical (unpaired) electrons. The van der Waals surface area contributed by atoms with Gasteiger partial charge in [0.05, 0.1) is 6.54 Å². The lowest BCUT2D eigenvalue weighted by Crippen LogP contribution is -2.43. The maximum absolute atomic E-state index is 12.9. The van der Waals surface area contributed by atoms with E-state index in [0.29, 0.717) is 5.56 Å². The van der Waals surface area contributed by atoms with Crippen LogP contribution in [0.4, 0.5) is 10.2 Å². The van der Waals surface area contributed by atoms with Crippen molar-refractivity contribution in [2.24, 2.45) is 7.05 Å². The van der Waals surface area contributed by atoms with Crippen molar-refractivity contribution in [2.75, 3.05) is 12.3 Å². The Kier molecular flexibility index (Phi) is 6.79. The van der Waals surface area contributed by atoms with Gasteiger partial charge in [-0.1, -0.05) is 42.5 Å². The van der Waals surface area contributed by atoms with E-state index in [1.54, 1.807) is 24.3 Å². The number of benzene rings is 2. The summed E-state index contributed by atoms with van der Waals surface area (Å²) >= 11 is 0. The molecular weight excluding hydrogens is 417 g/mol. The molecule has 164 valence electrons. The van der Waals surface area contributed by atoms with E-state index in [4.69, 9.17) is 10.5 Å². The lowest BCUT2D eigenvalue weighted by atomic mass is 10.2. The summed E-state index contributed by atoms with van der Waals surface area (Å²) in [4.78, 5) is 49.5. The first-order chi connectivity index (χ1) is 15.3. The molecule has 0 bridgehead atoms. The molecule has 1 heterocycles. The number of Topliss-reactive ketones (excluding diaryl/α,β-unsaturated/α-hetero) is 1. The number of carbonyl (C=O) groups excluding carboxylic acids is 2. The van der Waals surface area contributed by atoms with Gasteiger partial charge in [0.1, 0.15) is 17.2 Å². The number of anilines is 1. The number of esters is 1. The molecule has 9 heteroatoms. The van der Waals surface area contributed by atoms with Gasteiger partial charge in [-0.25, -0.2) is 14.0 Å². The molecule has 1 aromatic heterocycles. The van der Waals surface area contributed by atoms with Crippen LogP contribution in [-0.4, -0.2) is 27.5 Å². The number of ether oxygens (including phenoxy) is 1. The van der Waals surface area contributed by atoms with Crippen molar-refractivity contribution in [1.29, 1.82) is 0 Å². The molecule has 3 aromatic rings. The summed E-state index contributed by atoms with van der Waals surface area (Å²) in [6, 6.07) is 14.3. The van der Waals surface area contributed by atoms with Crippen LogP contribution in [0.1, 0.15) is 21.5 Å². The molecule has 3 rings (SSSR count). The molecular formula is C23H20FN3O5. The number of halogens is 1. The highest BCUT2D eigenvalue weighted by molar-refractivity contribution is 6.02. The first kappa shape index (κ1) is 22.4. The van der Waals surface area contributed by atoms with Crippen molar-refractivity contribution in [3.63, 3.8) is 0 Å². The van der Waals surface area contributed by atoms with Gasteiger partial charge in [-0.2, -0.15) is 0 Å². The largest absolute Gasteiger partial charge is 0.454 e. The summed E-state index contributed by atoms with van der Waals surface area (Å²) in [5.41, 5.74) is 5.32. The van der Waals surface area contributed by atoms with Gasteiger partial charge in [0.2, 0.25) is 5.78 Å². The van der Waals surface area contributed by atoms with E-state index in [2.05, 4.69) is 0 Å². The van der Waals surface area contributed by atoms with E-state index in [9.17, 15) is 23.6 Å². The van der Waals surface area contributed by atoms with E-state index in [1.165, 1.54) is 37.4 Å². The minimum atomic E-state index is -0.875. The van der Waals surface area contributed by atoms with Crippen LogP contribution in [0, 0.1) is 5.82 Å². The molecule has 0 atom stereocenters. The molecule has 0 saturated carbocycles. The Morgan fingerprint density at radius 2 is 1.72 bits per heavy atom. The van der Waals surface area contributed by atoms with Crippen molar-refractivity contribution in [3.05, 3.63) is 104 Å². The lowest BCUT2D eigenvalue weighted by molar-refractivity contribution is -0.136. The molecule has 0 aliphatic heterocycles. The topological polar surface area (TPSA) is 113 Å². The zero-order chi connectivity index (χ0) is 23.3. The van der Waals surface area contributed by atoms with E-state index in [0.717, 1.165) is 20.8 Å². The van der Waals surface area contributed by atoms with Crippen LogP contribution >= 0.6 is 0 Å². The minimum Gasteiger partial charge on any atom is -0.454 e. The monoisotopic (exact) mass is 437 g/mol. The van der Waals surface area contributed by atoms with Crippen LogP contribution in [-0.2, 0) is 23.1 Å². The van der Waals surface area contributed by atoms with Crippen molar-refractivity contribution in [2.45, 2.75) is 6.54 Å². The molecule has 0 aliphatic rings. The van der Waals surface area contributed by atoms with Crippen LogP contribution in [0.3, 0.4) is 0 Å². The third kappa shape index (κ3) is 5.07. The number of hydrogen-bond donors (Lipinski definition) is 1. The minimum absolute atomic E-state index is 0.0557. The average molecular weight is 437 g/mol. The molecule has 0 saturated heterocycles. The van der Waals surface area contributed by atoms with Crippen LogP contribution in [0.15, 0.2) is 70.3 Å². The second-order valence-corrected chi connectivity index (χ2v) is 6.89. The van der Waals surface area contributed by atoms with Gasteiger partial charge >= 0.3 is 11.7 Å². The zero-order valence-electron chi connectivity index (χ0n) is 17.2. The number of nitrogens with two attached hydrogens (primary N) is 1. The Labute approximate surface area is 182 Å². The smallest absolute Gasteiger partial charge is 0.332 e. The number of nitrogen functional groups attached to an aromatic ring is 1. The summed E-state index contributed by atoms with van der Waals surface area (Å²) in [6.45, 7) is -0.685. The second kappa shape index (κ2) is 9.69. The van der Waals surface area contributed by atoms with Gasteiger partial charge in [-0.15, -0.1) is 0 Å². The maximum atomic E-state index is 12.9. The second-order valence-electron chi connectivity index (χ2n) is 6.89. The Balaban J connectivity index is 1.78. The van der Waals surface area contributed by atoms with Crippen LogP contribution in [0.25, 0.3) is 6.08 Å². The van der Waals surface area contributed by atoms with E-state index in [-0.39, 0.29) is 12.4 Å². The number of aromatic nitrogens is 2. The van der Waals surface area contributed by atoms with Gasteiger partial charge in [0.25, 0.3) is 5.56 Å². The fraction of sp³-hybridized carbons (Fsp3) is 0.130. The predicted octanol–water partition coefficient (Wildman–Crippen LogP) is 1.76. The van der Waals surface area contributed by atoms with Crippen molar-refractivity contribution in [3.8, 4) is 0 Å². The van der Waals surface area contributed by atoms with Crippen LogP contribution in [0.5, 0.6) is 0 Å². The molecule has 0 spiro atoms. The first-order valence-electron chi connectivity index (χ1n) is 9.54. The Morgan fingerprint density at radius 3 is 2.38 bits per heavy atom. The van der Waals surface area contributed by atoms with Crippen LogP contribution < -0.4 is 17.0 Å². The van der Waals surface area contributed by atoms with Gasteiger partial charge in [-0.05, 0) is 29.3 Å². The maximum Gasteiger partial charge on any atom is 0.332 e. The number of carbonyl (C=O) groups is 2. The number of nitrogens with zero attached hydrogens (tertiary/aromatic N) is 2. The highest BCUT2D eigenvalue weighted by Crippen LogP contribution is 2.10. The number of rotatable bonds is 7. The summed E-state index contributed by atoms with van der Waals surface area (Å²) in [5.74, 6) is -2.39. The lowest BCUT2D eigenvalue weighted by Gasteiger charge is -2.14. The fourth-order valence-electron chi connectivity index (χ4n) is 2.96. The molecule has 2 aromatic carbocycles. The van der Waals surface area contributed by atoms with Crippen molar-refractivity contribution in [1.82, 2.24) is 9.13 Å². The highest BCUT2D eigenvalue weighted by atomic mass is 19.1. The Hall–Kier alpha value is -4.27. The average Bonchev–Trinajstić information content (AvgIpc) is 2.79. The number of hydrogen-bond acceptors (Lipinski definition) is 6. The SMILES string of the molecule is Cn1c(=O)c(C(=O)COC(=O)C=Cc2ccc(F)cc2)c(N)n(Cc2ccccc2)c1=O. The van der Waals surface area contributed by atoms with Crippen LogP contribution in [0.2, 0.25) is 0 Å². The fourth-order valence-corrected chi connectivity index (χ4v) is 2.96. The molecule has 0 aliphatic carbocycles. The first-order valence-corrected chi connectivity index (χ1v) is 9.54. The van der Waals surface area contributed by atoms with Gasteiger partial charge in [0.15, 0.2) is 6.61 Å². The van der Waals surface area contributed by atoms with Gasteiger partial charge in [-0.3, -0.25) is 18.7 Å².